The molecule has 24 heavy (non-hydrogen) atoms. The normalized spacial score (nSPS) is 32.2. The highest BCUT2D eigenvalue weighted by atomic mass is 35.5. The molecular weight excluding hydrogens is 318 g/mol. The van der Waals surface area contributed by atoms with Gasteiger partial charge in [-0.05, 0) is 62.9 Å². The summed E-state index contributed by atoms with van der Waals surface area (Å²) in [7, 11) is 1.53. The zero-order valence-electron chi connectivity index (χ0n) is 28.9. The van der Waals surface area contributed by atoms with E-state index in [9.17, 15) is 0 Å². The summed E-state index contributed by atoms with van der Waals surface area (Å²) in [5, 5.41) is -0.717. The summed E-state index contributed by atoms with van der Waals surface area (Å²) >= 11 is 5.92. The monoisotopic (exact) mass is 359 g/mol. The molecule has 1 aliphatic rings. The summed E-state index contributed by atoms with van der Waals surface area (Å²) in [6, 6.07) is -10.7. The van der Waals surface area contributed by atoms with E-state index in [0.717, 1.165) is 0 Å². The molecule has 0 bridgehead atoms. The average Bonchev–Trinajstić information content (AvgIpc) is 3.29. The first-order valence-electron chi connectivity index (χ1n) is 15.3. The van der Waals surface area contributed by atoms with E-state index in [1.807, 2.05) is 0 Å². The number of hydrogen-bond acceptors (Lipinski definition) is 2. The molecule has 1 heterocycles. The van der Waals surface area contributed by atoms with Crippen molar-refractivity contribution in [2.45, 2.75) is 37.7 Å². The number of rotatable bonds is 6. The molecule has 128 valence electrons. The van der Waals surface area contributed by atoms with E-state index >= 15 is 0 Å². The molecule has 0 saturated carbocycles. The van der Waals surface area contributed by atoms with E-state index in [0.29, 0.717) is 13.0 Å². The number of nitrogens with zero attached hydrogens (tertiary/aromatic N) is 1. The van der Waals surface area contributed by atoms with Gasteiger partial charge in [0.1, 0.15) is 5.60 Å². The van der Waals surface area contributed by atoms with Crippen LogP contribution in [0.25, 0.3) is 0 Å². The molecule has 1 aliphatic heterocycles. The lowest BCUT2D eigenvalue weighted by atomic mass is 9.88. The van der Waals surface area contributed by atoms with Crippen LogP contribution in [0.1, 0.15) is 59.1 Å². The zero-order valence-corrected chi connectivity index (χ0v) is 13.7. The third kappa shape index (κ3) is 3.83. The molecule has 2 aromatic rings. The Morgan fingerprint density at radius 3 is 2.58 bits per heavy atom. The Morgan fingerprint density at radius 1 is 1.25 bits per heavy atom. The van der Waals surface area contributed by atoms with Gasteiger partial charge in [0.05, 0.1) is 15.1 Å². The summed E-state index contributed by atoms with van der Waals surface area (Å²) in [5.74, 6) is 0. The van der Waals surface area contributed by atoms with Gasteiger partial charge in [0.25, 0.3) is 0 Å². The van der Waals surface area contributed by atoms with Gasteiger partial charge in [-0.15, -0.1) is 0 Å². The quantitative estimate of drug-likeness (QED) is 0.711. The Labute approximate surface area is 172 Å². The summed E-state index contributed by atoms with van der Waals surface area (Å²) in [4.78, 5) is 1.50. The molecule has 2 atom stereocenters. The van der Waals surface area contributed by atoms with E-state index in [4.69, 9.17) is 38.3 Å². The highest BCUT2D eigenvalue weighted by Crippen LogP contribution is 2.34. The fourth-order valence-corrected chi connectivity index (χ4v) is 2.49. The lowest BCUT2D eigenvalue weighted by molar-refractivity contribution is -0.0117. The van der Waals surface area contributed by atoms with Gasteiger partial charge in [-0.3, -0.25) is 0 Å². The average molecular weight is 360 g/mol. The number of halogens is 1. The standard InChI is InChI=1S/C21H26ClNO/c1-21(17-7-4-3-5-8-17,18-10-12-19(22)13-11-18)24-16-14-20-9-6-15-23(20)2/h3-5,7-8,10-13,20H,6,9,14-16H2,1-2H3/t20-,21-/m1/s1/i1D3,3D,4D,5D,7D,8D,10D,11D,12D,13D,14D2,16D2. The van der Waals surface area contributed by atoms with Crippen molar-refractivity contribution < 1.29 is 26.7 Å². The largest absolute Gasteiger partial charge is 0.366 e. The van der Waals surface area contributed by atoms with Crippen molar-refractivity contribution in [3.05, 3.63) is 70.5 Å². The van der Waals surface area contributed by atoms with Crippen molar-refractivity contribution in [3.8, 4) is 0 Å². The van der Waals surface area contributed by atoms with Crippen LogP contribution in [0, 0.1) is 0 Å². The summed E-state index contributed by atoms with van der Waals surface area (Å²) in [5.41, 5.74) is -6.04. The maximum Gasteiger partial charge on any atom is 0.115 e. The minimum absolute atomic E-state index is 0.157. The number of hydrogen-bond donors (Lipinski definition) is 0. The summed E-state index contributed by atoms with van der Waals surface area (Å²) in [6.07, 6.45) is -2.34. The number of benzene rings is 2. The maximum absolute atomic E-state index is 8.70. The fourth-order valence-electron chi connectivity index (χ4n) is 2.39. The van der Waals surface area contributed by atoms with E-state index in [1.165, 1.54) is 11.9 Å². The van der Waals surface area contributed by atoms with Crippen LogP contribution in [0.4, 0.5) is 0 Å². The van der Waals surface area contributed by atoms with Gasteiger partial charge in [-0.1, -0.05) is 53.9 Å². The molecular formula is C21H26ClNO. The maximum atomic E-state index is 8.70. The second-order valence-electron chi connectivity index (χ2n) is 5.36. The molecule has 2 nitrogen and oxygen atoms in total. The van der Waals surface area contributed by atoms with Gasteiger partial charge in [0.2, 0.25) is 0 Å². The first-order chi connectivity index (χ1) is 18.1. The molecule has 0 aromatic heterocycles. The van der Waals surface area contributed by atoms with Crippen molar-refractivity contribution in [1.82, 2.24) is 4.90 Å². The molecule has 1 saturated heterocycles. The predicted octanol–water partition coefficient (Wildman–Crippen LogP) is 5.10. The SMILES string of the molecule is [2H]c1c([2H])c([2H])c([C@@](OC([2H])([2H])C([2H])([2H])[C@H]2CCCN2C)(c2c([2H])c([2H])c(Cl)c([2H])c2[2H])C([2H])([2H])[2H])c([2H])c1[2H]. The first-order valence-corrected chi connectivity index (χ1v) is 7.69. The van der Waals surface area contributed by atoms with Gasteiger partial charge in [0.15, 0.2) is 0 Å². The van der Waals surface area contributed by atoms with Crippen LogP contribution in [0.3, 0.4) is 0 Å². The van der Waals surface area contributed by atoms with Gasteiger partial charge in [0, 0.05) is 24.5 Å². The van der Waals surface area contributed by atoms with Crippen LogP contribution in [0.5, 0.6) is 0 Å². The molecule has 0 N–H and O–H groups in total. The highest BCUT2D eigenvalue weighted by molar-refractivity contribution is 6.30. The second-order valence-corrected chi connectivity index (χ2v) is 5.74. The van der Waals surface area contributed by atoms with Crippen LogP contribution in [-0.2, 0) is 10.3 Å². The molecule has 1 fully saturated rings. The Morgan fingerprint density at radius 2 is 1.96 bits per heavy atom. The molecule has 0 amide bonds. The second kappa shape index (κ2) is 7.69. The Balaban J connectivity index is 2.60. The lowest BCUT2D eigenvalue weighted by Gasteiger charge is -2.32. The van der Waals surface area contributed by atoms with E-state index in [2.05, 4.69) is 0 Å². The van der Waals surface area contributed by atoms with Crippen LogP contribution >= 0.6 is 11.6 Å². The smallest absolute Gasteiger partial charge is 0.115 e. The molecule has 0 spiro atoms. The Kier molecular flexibility index (Phi) is 2.06. The third-order valence-corrected chi connectivity index (χ3v) is 3.94. The van der Waals surface area contributed by atoms with Crippen LogP contribution in [-0.4, -0.2) is 31.1 Å². The van der Waals surface area contributed by atoms with Gasteiger partial charge >= 0.3 is 0 Å². The van der Waals surface area contributed by atoms with Crippen molar-refractivity contribution in [2.24, 2.45) is 0 Å². The summed E-state index contributed by atoms with van der Waals surface area (Å²) in [6.45, 7) is -7.01. The van der Waals surface area contributed by atoms with Gasteiger partial charge in [-0.2, -0.15) is 0 Å². The van der Waals surface area contributed by atoms with Crippen LogP contribution in [0.2, 0.25) is 5.02 Å². The van der Waals surface area contributed by atoms with Crippen molar-refractivity contribution in [3.63, 3.8) is 0 Å². The number of likely N-dealkylation sites (tertiary alicyclic amines) is 1. The molecule has 0 aliphatic carbocycles. The van der Waals surface area contributed by atoms with E-state index < -0.39 is 102 Å². The topological polar surface area (TPSA) is 12.5 Å². The third-order valence-electron chi connectivity index (χ3n) is 3.75. The lowest BCUT2D eigenvalue weighted by Crippen LogP contribution is -2.31. The minimum Gasteiger partial charge on any atom is -0.366 e. The summed E-state index contributed by atoms with van der Waals surface area (Å²) < 4.78 is 140. The molecule has 0 radical (unpaired) electrons. The predicted molar refractivity (Wildman–Crippen MR) is 101 cm³/mol. The molecule has 0 unspecified atom stereocenters. The van der Waals surface area contributed by atoms with Gasteiger partial charge in [-0.25, -0.2) is 0 Å². The van der Waals surface area contributed by atoms with Crippen molar-refractivity contribution in [2.75, 3.05) is 20.2 Å². The minimum atomic E-state index is -3.80. The van der Waals surface area contributed by atoms with E-state index in [1.54, 1.807) is 0 Å². The van der Waals surface area contributed by atoms with Gasteiger partial charge < -0.3 is 9.64 Å². The number of ether oxygens (including phenoxy) is 1. The Bertz CT molecular complexity index is 1220. The first kappa shape index (κ1) is 6.42. The fraction of sp³-hybridized carbons (Fsp3) is 0.429. The van der Waals surface area contributed by atoms with E-state index in [-0.39, 0.29) is 6.42 Å². The zero-order chi connectivity index (χ0) is 30.9. The molecule has 3 heteroatoms. The van der Waals surface area contributed by atoms with Crippen molar-refractivity contribution >= 4 is 11.6 Å². The van der Waals surface area contributed by atoms with Crippen LogP contribution < -0.4 is 0 Å². The molecule has 3 rings (SSSR count). The highest BCUT2D eigenvalue weighted by Gasteiger charge is 2.30. The van der Waals surface area contributed by atoms with Crippen LogP contribution in [0.15, 0.2) is 54.4 Å². The molecule has 2 aromatic carbocycles. The Hall–Kier alpha value is -1.35. The van der Waals surface area contributed by atoms with Crippen molar-refractivity contribution in [1.29, 1.82) is 0 Å².